The van der Waals surface area contributed by atoms with Crippen molar-refractivity contribution in [3.05, 3.63) is 58.6 Å². The van der Waals surface area contributed by atoms with E-state index < -0.39 is 20.0 Å². The molecule has 0 saturated carbocycles. The number of nitrogens with one attached hydrogen (secondary N) is 1. The minimum atomic E-state index is -1.25. The zero-order valence-corrected chi connectivity index (χ0v) is 21.7. The first-order valence-corrected chi connectivity index (χ1v) is 14.8. The maximum Gasteiger partial charge on any atom is 0.349 e. The molecule has 3 atom stereocenters. The van der Waals surface area contributed by atoms with Gasteiger partial charge in [0.15, 0.2) is 0 Å². The molecule has 1 aromatic heterocycles. The van der Waals surface area contributed by atoms with Gasteiger partial charge in [-0.15, -0.1) is 0 Å². The third-order valence-corrected chi connectivity index (χ3v) is 8.75. The van der Waals surface area contributed by atoms with Crippen molar-refractivity contribution < 1.29 is 18.2 Å². The summed E-state index contributed by atoms with van der Waals surface area (Å²) < 4.78 is 18.9. The van der Waals surface area contributed by atoms with E-state index in [4.69, 9.17) is 19.2 Å². The number of hydrogen-bond acceptors (Lipinski definition) is 10. The Labute approximate surface area is 209 Å². The van der Waals surface area contributed by atoms with Crippen molar-refractivity contribution in [2.24, 2.45) is 0 Å². The Morgan fingerprint density at radius 1 is 1.35 bits per heavy atom. The fourth-order valence-electron chi connectivity index (χ4n) is 3.18. The number of carbonyl (C=O) groups is 1. The Bertz CT molecular complexity index is 952. The molecule has 2 heterocycles. The highest BCUT2D eigenvalue weighted by Gasteiger charge is 2.27. The minimum Gasteiger partial charge on any atom is -0.465 e. The Balaban J connectivity index is 1.60. The Morgan fingerprint density at radius 2 is 2.18 bits per heavy atom. The molecule has 3 N–H and O–H groups in total. The summed E-state index contributed by atoms with van der Waals surface area (Å²) in [7, 11) is 0.243. The summed E-state index contributed by atoms with van der Waals surface area (Å²) in [4.78, 5) is 28.7. The topological polar surface area (TPSA) is 118 Å². The molecule has 1 aliphatic rings. The van der Waals surface area contributed by atoms with Gasteiger partial charge >= 0.3 is 11.7 Å². The molecule has 1 fully saturated rings. The maximum atomic E-state index is 12.9. The van der Waals surface area contributed by atoms with Crippen LogP contribution in [-0.4, -0.2) is 46.4 Å². The van der Waals surface area contributed by atoms with Gasteiger partial charge in [-0.05, 0) is 24.5 Å². The summed E-state index contributed by atoms with van der Waals surface area (Å²) in [6.45, 7) is 3.32. The highest BCUT2D eigenvalue weighted by Crippen LogP contribution is 2.42. The molecule has 186 valence electrons. The normalized spacial score (nSPS) is 19.7. The zero-order chi connectivity index (χ0) is 24.2. The van der Waals surface area contributed by atoms with Gasteiger partial charge in [0, 0.05) is 12.7 Å². The lowest BCUT2D eigenvalue weighted by molar-refractivity contribution is -0.145. The maximum absolute atomic E-state index is 12.9. The molecule has 34 heavy (non-hydrogen) atoms. The van der Waals surface area contributed by atoms with Gasteiger partial charge in [0.05, 0.1) is 29.5 Å². The lowest BCUT2D eigenvalue weighted by Gasteiger charge is -2.28. The van der Waals surface area contributed by atoms with Crippen molar-refractivity contribution in [3.63, 3.8) is 0 Å². The number of carbonyl (C=O) groups excluding carboxylic acids is 1. The molecule has 0 amide bonds. The molecule has 9 nitrogen and oxygen atoms in total. The number of benzene rings is 1. The van der Waals surface area contributed by atoms with Gasteiger partial charge in [-0.25, -0.2) is 4.79 Å². The molecule has 3 unspecified atom stereocenters. The molecule has 3 rings (SSSR count). The van der Waals surface area contributed by atoms with E-state index in [1.807, 2.05) is 30.3 Å². The average Bonchev–Trinajstić information content (AvgIpc) is 2.82. The predicted octanol–water partition coefficient (Wildman–Crippen LogP) is 3.74. The molecule has 1 saturated heterocycles. The lowest BCUT2D eigenvalue weighted by Crippen LogP contribution is -2.38. The second kappa shape index (κ2) is 14.7. The molecule has 0 bridgehead atoms. The van der Waals surface area contributed by atoms with Crippen molar-refractivity contribution in [1.82, 2.24) is 14.6 Å². The lowest BCUT2D eigenvalue weighted by atomic mass is 10.1. The monoisotopic (exact) mass is 526 g/mol. The molecule has 2 aromatic rings. The fourth-order valence-corrected chi connectivity index (χ4v) is 6.71. The van der Waals surface area contributed by atoms with E-state index in [2.05, 4.69) is 17.0 Å². The average molecular weight is 527 g/mol. The minimum absolute atomic E-state index is 0.0474. The zero-order valence-electron chi connectivity index (χ0n) is 19.1. The van der Waals surface area contributed by atoms with Gasteiger partial charge in [0.2, 0.25) is 0 Å². The van der Waals surface area contributed by atoms with Crippen LogP contribution in [0.4, 0.5) is 5.82 Å². The van der Waals surface area contributed by atoms with Crippen LogP contribution in [0.1, 0.15) is 31.7 Å². The van der Waals surface area contributed by atoms with Gasteiger partial charge in [-0.1, -0.05) is 60.9 Å². The van der Waals surface area contributed by atoms with Crippen molar-refractivity contribution in [3.8, 4) is 0 Å². The van der Waals surface area contributed by atoms with Crippen LogP contribution >= 0.6 is 30.2 Å². The van der Waals surface area contributed by atoms with Crippen LogP contribution in [0, 0.1) is 0 Å². The van der Waals surface area contributed by atoms with Crippen molar-refractivity contribution in [2.75, 3.05) is 25.3 Å². The standard InChI is InChI=1S/C22H31N4O5PS2/c1-2-3-7-12-29-21(27)19(13-17-8-5-4-6-9-17)25-32-16-31-34-33-18(15-30-32)14-26-11-10-20(23)24-22(26)28/h4-6,8-11,18-19,25H,2-3,7,12-16H2,1H3,(H2,23,24,28). The summed E-state index contributed by atoms with van der Waals surface area (Å²) in [5.74, 6) is -0.0921. The number of esters is 1. The van der Waals surface area contributed by atoms with Crippen molar-refractivity contribution >= 4 is 42.0 Å². The summed E-state index contributed by atoms with van der Waals surface area (Å²) in [5, 5.41) is 3.29. The number of nitrogens with two attached hydrogens (primary N) is 1. The van der Waals surface area contributed by atoms with Crippen LogP contribution in [0.3, 0.4) is 0 Å². The van der Waals surface area contributed by atoms with Gasteiger partial charge in [0.1, 0.15) is 26.5 Å². The predicted molar refractivity (Wildman–Crippen MR) is 138 cm³/mol. The smallest absolute Gasteiger partial charge is 0.349 e. The van der Waals surface area contributed by atoms with Crippen LogP contribution in [-0.2, 0) is 31.2 Å². The number of aromatic nitrogens is 2. The second-order valence-electron chi connectivity index (χ2n) is 7.74. The van der Waals surface area contributed by atoms with E-state index in [1.165, 1.54) is 26.4 Å². The highest BCUT2D eigenvalue weighted by molar-refractivity contribution is 8.75. The van der Waals surface area contributed by atoms with E-state index in [1.54, 1.807) is 12.3 Å². The Morgan fingerprint density at radius 3 is 2.94 bits per heavy atom. The third-order valence-electron chi connectivity index (χ3n) is 4.96. The second-order valence-corrected chi connectivity index (χ2v) is 11.5. The van der Waals surface area contributed by atoms with Crippen LogP contribution in [0.2, 0.25) is 0 Å². The first-order chi connectivity index (χ1) is 16.5. The molecule has 0 radical (unpaired) electrons. The first-order valence-electron chi connectivity index (χ1n) is 11.2. The molecular weight excluding hydrogens is 495 g/mol. The summed E-state index contributed by atoms with van der Waals surface area (Å²) >= 11 is 1.26. The molecule has 0 aliphatic carbocycles. The summed E-state index contributed by atoms with van der Waals surface area (Å²) in [6.07, 6.45) is 5.39. The van der Waals surface area contributed by atoms with Crippen LogP contribution < -0.4 is 16.5 Å². The Hall–Kier alpha value is -1.62. The molecular formula is C22H31N4O5PS2. The number of nitrogen functional groups attached to an aromatic ring is 1. The van der Waals surface area contributed by atoms with E-state index in [0.717, 1.165) is 24.8 Å². The van der Waals surface area contributed by atoms with Crippen LogP contribution in [0.25, 0.3) is 0 Å². The fraction of sp³-hybridized carbons (Fsp3) is 0.500. The summed E-state index contributed by atoms with van der Waals surface area (Å²) in [6, 6.07) is 10.9. The molecule has 1 aromatic carbocycles. The number of ether oxygens (including phenoxy) is 1. The van der Waals surface area contributed by atoms with E-state index in [9.17, 15) is 9.59 Å². The van der Waals surface area contributed by atoms with Gasteiger partial charge < -0.3 is 15.0 Å². The molecule has 1 aliphatic heterocycles. The van der Waals surface area contributed by atoms with Crippen LogP contribution in [0.15, 0.2) is 47.4 Å². The number of nitrogens with zero attached hydrogens (tertiary/aromatic N) is 2. The summed E-state index contributed by atoms with van der Waals surface area (Å²) in [5.41, 5.74) is 6.21. The molecule has 0 spiro atoms. The number of anilines is 1. The number of hydrogen-bond donors (Lipinski definition) is 2. The highest BCUT2D eigenvalue weighted by atomic mass is 33.1. The largest absolute Gasteiger partial charge is 0.465 e. The number of rotatable bonds is 11. The quantitative estimate of drug-likeness (QED) is 0.147. The van der Waals surface area contributed by atoms with E-state index >= 15 is 0 Å². The van der Waals surface area contributed by atoms with Gasteiger partial charge in [-0.2, -0.15) is 4.98 Å². The van der Waals surface area contributed by atoms with E-state index in [0.29, 0.717) is 32.5 Å². The van der Waals surface area contributed by atoms with Crippen molar-refractivity contribution in [1.29, 1.82) is 0 Å². The van der Waals surface area contributed by atoms with Crippen LogP contribution in [0.5, 0.6) is 0 Å². The number of unbranched alkanes of at least 4 members (excludes halogenated alkanes) is 2. The van der Waals surface area contributed by atoms with Gasteiger partial charge in [-0.3, -0.25) is 18.6 Å². The molecule has 12 heteroatoms. The Kier molecular flexibility index (Phi) is 11.7. The third kappa shape index (κ3) is 9.20. The van der Waals surface area contributed by atoms with E-state index in [-0.39, 0.29) is 17.0 Å². The van der Waals surface area contributed by atoms with Crippen molar-refractivity contribution in [2.45, 2.75) is 50.4 Å². The first kappa shape index (κ1) is 27.0. The SMILES string of the molecule is CCCCCOC(=O)C(Cc1ccccc1)NP1COSSC(Cn2ccc(N)nc2=O)CO1. The van der Waals surface area contributed by atoms with Gasteiger partial charge in [0.25, 0.3) is 0 Å².